The highest BCUT2D eigenvalue weighted by atomic mass is 28.2. The second-order valence-corrected chi connectivity index (χ2v) is 5.61. The van der Waals surface area contributed by atoms with Crippen LogP contribution in [0.1, 0.15) is 71.1 Å². The van der Waals surface area contributed by atoms with Crippen LogP contribution in [0.25, 0.3) is 0 Å². The van der Waals surface area contributed by atoms with Crippen molar-refractivity contribution in [1.82, 2.24) is 0 Å². The highest BCUT2D eigenvalue weighted by Gasteiger charge is 1.99. The molecule has 0 aliphatic heterocycles. The van der Waals surface area contributed by atoms with E-state index < -0.39 is 11.9 Å². The molecule has 0 unspecified atom stereocenters. The third-order valence-corrected chi connectivity index (χ3v) is 3.70. The van der Waals surface area contributed by atoms with Crippen molar-refractivity contribution in [3.05, 3.63) is 12.2 Å². The lowest BCUT2D eigenvalue weighted by atomic mass is 10.1. The number of hydrogen-bond donors (Lipinski definition) is 0. The molecule has 0 fully saturated rings. The minimum atomic E-state index is -0.488. The van der Waals surface area contributed by atoms with Gasteiger partial charge in [-0.3, -0.25) is 0 Å². The van der Waals surface area contributed by atoms with E-state index in [2.05, 4.69) is 11.3 Å². The Morgan fingerprint density at radius 3 is 1.81 bits per heavy atom. The number of unbranched alkanes of at least 4 members (excludes halogenated alkanes) is 9. The highest BCUT2D eigenvalue weighted by Crippen LogP contribution is 2.10. The van der Waals surface area contributed by atoms with Crippen molar-refractivity contribution in [2.24, 2.45) is 0 Å². The van der Waals surface area contributed by atoms with Gasteiger partial charge in [0.1, 0.15) is 0 Å². The predicted octanol–water partition coefficient (Wildman–Crippen LogP) is 2.83. The van der Waals surface area contributed by atoms with Crippen LogP contribution in [0.5, 0.6) is 0 Å². The maximum Gasteiger partial charge on any atom is 0.331 e. The van der Waals surface area contributed by atoms with Crippen molar-refractivity contribution in [1.29, 1.82) is 0 Å². The minimum absolute atomic E-state index is 0.334. The first-order valence-electron chi connectivity index (χ1n) is 8.13. The Morgan fingerprint density at radius 2 is 1.29 bits per heavy atom. The zero-order valence-electron chi connectivity index (χ0n) is 13.6. The topological polar surface area (TPSA) is 52.6 Å². The van der Waals surface area contributed by atoms with Crippen LogP contribution in [-0.4, -0.2) is 29.0 Å². The van der Waals surface area contributed by atoms with Gasteiger partial charge in [-0.15, -0.1) is 0 Å². The van der Waals surface area contributed by atoms with E-state index >= 15 is 0 Å². The molecule has 0 amide bonds. The summed E-state index contributed by atoms with van der Waals surface area (Å²) in [6.45, 7) is 2.66. The fraction of sp³-hybridized carbons (Fsp3) is 0.750. The van der Waals surface area contributed by atoms with E-state index in [1.807, 2.05) is 0 Å². The largest absolute Gasteiger partial charge is 0.526 e. The summed E-state index contributed by atoms with van der Waals surface area (Å²) >= 11 is 0. The molecule has 4 nitrogen and oxygen atoms in total. The van der Waals surface area contributed by atoms with Gasteiger partial charge in [0, 0.05) is 12.2 Å². The van der Waals surface area contributed by atoms with E-state index in [-0.39, 0.29) is 0 Å². The molecule has 0 saturated carbocycles. The van der Waals surface area contributed by atoms with Crippen LogP contribution in [0.15, 0.2) is 12.2 Å². The van der Waals surface area contributed by atoms with E-state index in [0.29, 0.717) is 17.1 Å². The van der Waals surface area contributed by atoms with Crippen LogP contribution in [0.2, 0.25) is 0 Å². The van der Waals surface area contributed by atoms with Gasteiger partial charge in [0.15, 0.2) is 0 Å². The second-order valence-electron chi connectivity index (χ2n) is 5.21. The molecule has 0 rings (SSSR count). The number of carbonyl (C=O) groups excluding carboxylic acids is 2. The molecule has 122 valence electrons. The molecule has 21 heavy (non-hydrogen) atoms. The van der Waals surface area contributed by atoms with Crippen LogP contribution < -0.4 is 0 Å². The van der Waals surface area contributed by atoms with Crippen molar-refractivity contribution in [2.75, 3.05) is 6.61 Å². The van der Waals surface area contributed by atoms with E-state index in [1.165, 1.54) is 51.4 Å². The fourth-order valence-electron chi connectivity index (χ4n) is 2.01. The van der Waals surface area contributed by atoms with Gasteiger partial charge in [-0.25, -0.2) is 9.59 Å². The Kier molecular flexibility index (Phi) is 14.5. The maximum atomic E-state index is 11.2. The highest BCUT2D eigenvalue weighted by molar-refractivity contribution is 6.08. The Bertz CT molecular complexity index is 303. The van der Waals surface area contributed by atoms with E-state index in [9.17, 15) is 9.59 Å². The van der Waals surface area contributed by atoms with Crippen LogP contribution in [0, 0.1) is 0 Å². The number of esters is 1. The minimum Gasteiger partial charge on any atom is -0.526 e. The van der Waals surface area contributed by atoms with Crippen molar-refractivity contribution in [3.63, 3.8) is 0 Å². The molecular weight excluding hydrogens is 284 g/mol. The van der Waals surface area contributed by atoms with Gasteiger partial charge in [-0.05, 0) is 6.42 Å². The van der Waals surface area contributed by atoms with Gasteiger partial charge in [-0.2, -0.15) is 0 Å². The van der Waals surface area contributed by atoms with E-state index in [4.69, 9.17) is 4.74 Å². The Balaban J connectivity index is 3.27. The number of rotatable bonds is 13. The molecule has 0 spiro atoms. The van der Waals surface area contributed by atoms with Crippen molar-refractivity contribution >= 4 is 22.4 Å². The zero-order valence-corrected chi connectivity index (χ0v) is 15.6. The van der Waals surface area contributed by atoms with Gasteiger partial charge >= 0.3 is 11.9 Å². The summed E-state index contributed by atoms with van der Waals surface area (Å²) in [5.74, 6) is -0.962. The van der Waals surface area contributed by atoms with Gasteiger partial charge in [0.05, 0.1) is 6.61 Å². The van der Waals surface area contributed by atoms with Gasteiger partial charge < -0.3 is 9.16 Å². The van der Waals surface area contributed by atoms with Crippen molar-refractivity contribution in [2.45, 2.75) is 71.1 Å². The fourth-order valence-corrected chi connectivity index (χ4v) is 2.15. The molecule has 0 bridgehead atoms. The normalized spacial score (nSPS) is 10.9. The summed E-state index contributed by atoms with van der Waals surface area (Å²) in [7, 11) is 0.334. The Hall–Kier alpha value is -1.10. The smallest absolute Gasteiger partial charge is 0.331 e. The van der Waals surface area contributed by atoms with E-state index in [1.54, 1.807) is 0 Å². The maximum absolute atomic E-state index is 11.2. The molecule has 0 aromatic heterocycles. The molecule has 0 atom stereocenters. The van der Waals surface area contributed by atoms with Crippen LogP contribution in [0.4, 0.5) is 0 Å². The van der Waals surface area contributed by atoms with E-state index in [0.717, 1.165) is 25.0 Å². The number of ether oxygens (including phenoxy) is 1. The standard InChI is InChI=1S/C16H30O4Si/c1-2-3-4-5-6-7-8-9-10-11-14-19-15(17)12-13-16(18)20-21/h12-13H,2-11,14H2,1,21H3/b13-12+. The number of carbonyl (C=O) groups is 2. The molecule has 0 heterocycles. The lowest BCUT2D eigenvalue weighted by Crippen LogP contribution is -2.04. The molecule has 0 aliphatic carbocycles. The first-order chi connectivity index (χ1) is 10.2. The lowest BCUT2D eigenvalue weighted by Gasteiger charge is -2.03. The average Bonchev–Trinajstić information content (AvgIpc) is 2.50. The molecule has 0 aliphatic rings. The van der Waals surface area contributed by atoms with Crippen LogP contribution >= 0.6 is 0 Å². The van der Waals surface area contributed by atoms with Crippen LogP contribution in [-0.2, 0) is 18.8 Å². The number of hydrogen-bond acceptors (Lipinski definition) is 4. The third-order valence-electron chi connectivity index (χ3n) is 3.30. The summed E-state index contributed by atoms with van der Waals surface area (Å²) in [4.78, 5) is 22.0. The van der Waals surface area contributed by atoms with Crippen molar-refractivity contribution in [3.8, 4) is 0 Å². The third kappa shape index (κ3) is 15.1. The zero-order chi connectivity index (χ0) is 15.8. The summed E-state index contributed by atoms with van der Waals surface area (Å²) in [6, 6.07) is 0. The molecule has 0 aromatic carbocycles. The Labute approximate surface area is 131 Å². The average molecular weight is 314 g/mol. The molecule has 5 heteroatoms. The van der Waals surface area contributed by atoms with Gasteiger partial charge in [0.2, 0.25) is 10.5 Å². The SMILES string of the molecule is CCCCCCCCCCCCOC(=O)/C=C/C(=O)O[SiH3]. The summed E-state index contributed by atoms with van der Waals surface area (Å²) < 4.78 is 9.50. The summed E-state index contributed by atoms with van der Waals surface area (Å²) in [6.07, 6.45) is 14.7. The summed E-state index contributed by atoms with van der Waals surface area (Å²) in [5.41, 5.74) is 0. The first-order valence-corrected chi connectivity index (χ1v) is 8.95. The lowest BCUT2D eigenvalue weighted by molar-refractivity contribution is -0.138. The second kappa shape index (κ2) is 15.3. The first kappa shape index (κ1) is 19.9. The Morgan fingerprint density at radius 1 is 0.810 bits per heavy atom. The quantitative estimate of drug-likeness (QED) is 0.227. The van der Waals surface area contributed by atoms with Crippen LogP contribution in [0.3, 0.4) is 0 Å². The van der Waals surface area contributed by atoms with Gasteiger partial charge in [-0.1, -0.05) is 64.7 Å². The van der Waals surface area contributed by atoms with Crippen molar-refractivity contribution < 1.29 is 18.8 Å². The molecular formula is C16H30O4Si. The molecule has 0 radical (unpaired) electrons. The molecule has 0 saturated heterocycles. The molecule has 0 aromatic rings. The monoisotopic (exact) mass is 314 g/mol. The molecule has 0 N–H and O–H groups in total. The predicted molar refractivity (Wildman–Crippen MR) is 88.0 cm³/mol. The summed E-state index contributed by atoms with van der Waals surface area (Å²) in [5, 5.41) is 0. The van der Waals surface area contributed by atoms with Gasteiger partial charge in [0.25, 0.3) is 0 Å².